The molecule has 0 saturated heterocycles. The van der Waals surface area contributed by atoms with Crippen LogP contribution in [0.1, 0.15) is 25.7 Å². The summed E-state index contributed by atoms with van der Waals surface area (Å²) in [6.07, 6.45) is 5.17. The second-order valence-corrected chi connectivity index (χ2v) is 5.39. The Labute approximate surface area is 113 Å². The molecule has 0 unspecified atom stereocenters. The molecule has 16 heavy (non-hydrogen) atoms. The Morgan fingerprint density at radius 2 is 1.62 bits per heavy atom. The molecule has 0 bridgehead atoms. The smallest absolute Gasteiger partial charge is 0.119 e. The first kappa shape index (κ1) is 12.5. The van der Waals surface area contributed by atoms with Gasteiger partial charge in [-0.3, -0.25) is 0 Å². The van der Waals surface area contributed by atoms with Crippen LogP contribution in [0.15, 0.2) is 30.3 Å². The summed E-state index contributed by atoms with van der Waals surface area (Å²) in [5.74, 6) is 0.982. The van der Waals surface area contributed by atoms with E-state index in [1.54, 1.807) is 0 Å². The maximum Gasteiger partial charge on any atom is 0.119 e. The molecule has 0 spiro atoms. The van der Waals surface area contributed by atoms with Crippen molar-refractivity contribution < 1.29 is 8.92 Å². The predicted octanol–water partition coefficient (Wildman–Crippen LogP) is 4.39. The molecule has 0 atom stereocenters. The van der Waals surface area contributed by atoms with Crippen LogP contribution in [0, 0.1) is 0 Å². The van der Waals surface area contributed by atoms with Crippen molar-refractivity contribution in [3.05, 3.63) is 30.3 Å². The second-order valence-electron chi connectivity index (χ2n) is 3.99. The third-order valence-corrected chi connectivity index (χ3v) is 3.81. The second kappa shape index (κ2) is 6.71. The van der Waals surface area contributed by atoms with Crippen LogP contribution in [-0.2, 0) is 4.18 Å². The Kier molecular flexibility index (Phi) is 5.25. The molecular formula is C12H15IO2S. The summed E-state index contributed by atoms with van der Waals surface area (Å²) in [4.78, 5) is 0. The summed E-state index contributed by atoms with van der Waals surface area (Å²) in [6, 6.07) is 10.1. The maximum atomic E-state index is 5.92. The van der Waals surface area contributed by atoms with Gasteiger partial charge in [0.2, 0.25) is 0 Å². The van der Waals surface area contributed by atoms with E-state index in [1.807, 2.05) is 30.3 Å². The molecular weight excluding hydrogens is 335 g/mol. The van der Waals surface area contributed by atoms with Crippen molar-refractivity contribution >= 4 is 30.4 Å². The molecule has 0 aliphatic heterocycles. The predicted molar refractivity (Wildman–Crippen MR) is 75.8 cm³/mol. The average Bonchev–Trinajstić information content (AvgIpc) is 2.33. The molecule has 0 amide bonds. The SMILES string of the molecule is ISOC1CCC(Oc2ccccc2)CC1. The summed E-state index contributed by atoms with van der Waals surface area (Å²) in [6.45, 7) is 0. The molecule has 0 radical (unpaired) electrons. The van der Waals surface area contributed by atoms with Crippen molar-refractivity contribution in [1.29, 1.82) is 0 Å². The van der Waals surface area contributed by atoms with E-state index < -0.39 is 0 Å². The average molecular weight is 350 g/mol. The number of benzene rings is 1. The number of halogens is 1. The third kappa shape index (κ3) is 3.82. The first-order valence-corrected chi connectivity index (χ1v) is 8.82. The van der Waals surface area contributed by atoms with Crippen LogP contribution in [0.2, 0.25) is 0 Å². The highest BCUT2D eigenvalue weighted by atomic mass is 127. The Bertz CT molecular complexity index is 299. The van der Waals surface area contributed by atoms with Gasteiger partial charge < -0.3 is 8.92 Å². The maximum absolute atomic E-state index is 5.92. The molecule has 1 fully saturated rings. The van der Waals surface area contributed by atoms with Crippen LogP contribution in [0.5, 0.6) is 5.75 Å². The molecule has 1 aliphatic carbocycles. The van der Waals surface area contributed by atoms with Crippen LogP contribution in [0.25, 0.3) is 0 Å². The number of para-hydroxylation sites is 1. The largest absolute Gasteiger partial charge is 0.490 e. The normalized spacial score (nSPS) is 25.3. The van der Waals surface area contributed by atoms with E-state index in [0.29, 0.717) is 12.2 Å². The van der Waals surface area contributed by atoms with Gasteiger partial charge in [0, 0.05) is 21.2 Å². The van der Waals surface area contributed by atoms with Crippen molar-refractivity contribution in [3.8, 4) is 5.75 Å². The van der Waals surface area contributed by atoms with Crippen molar-refractivity contribution in [3.63, 3.8) is 0 Å². The zero-order valence-electron chi connectivity index (χ0n) is 8.97. The van der Waals surface area contributed by atoms with Gasteiger partial charge >= 0.3 is 0 Å². The van der Waals surface area contributed by atoms with Crippen molar-refractivity contribution in [2.45, 2.75) is 37.9 Å². The standard InChI is InChI=1S/C12H15IO2S/c13-16-15-12-8-6-11(7-9-12)14-10-4-2-1-3-5-10/h1-5,11-12H,6-9H2. The summed E-state index contributed by atoms with van der Waals surface area (Å²) >= 11 is 2.18. The van der Waals surface area contributed by atoms with Gasteiger partial charge in [0.05, 0.1) is 21.4 Å². The Morgan fingerprint density at radius 1 is 1.00 bits per heavy atom. The van der Waals surface area contributed by atoms with Crippen LogP contribution in [-0.4, -0.2) is 12.2 Å². The summed E-state index contributed by atoms with van der Waals surface area (Å²) in [7, 11) is 1.44. The van der Waals surface area contributed by atoms with Crippen LogP contribution >= 0.6 is 30.4 Å². The molecule has 1 aliphatic rings. The van der Waals surface area contributed by atoms with Crippen molar-refractivity contribution in [2.24, 2.45) is 0 Å². The highest BCUT2D eigenvalue weighted by Crippen LogP contribution is 2.29. The molecule has 1 aromatic carbocycles. The first-order chi connectivity index (χ1) is 7.88. The fourth-order valence-corrected chi connectivity index (χ4v) is 3.17. The molecule has 0 aromatic heterocycles. The van der Waals surface area contributed by atoms with E-state index in [2.05, 4.69) is 21.2 Å². The minimum Gasteiger partial charge on any atom is -0.490 e. The molecule has 2 rings (SSSR count). The van der Waals surface area contributed by atoms with Crippen LogP contribution in [0.4, 0.5) is 0 Å². The number of ether oxygens (including phenoxy) is 1. The summed E-state index contributed by atoms with van der Waals surface area (Å²) in [5, 5.41) is 0. The van der Waals surface area contributed by atoms with E-state index in [9.17, 15) is 0 Å². The third-order valence-electron chi connectivity index (χ3n) is 2.84. The highest BCUT2D eigenvalue weighted by Gasteiger charge is 2.22. The number of rotatable bonds is 4. The fourth-order valence-electron chi connectivity index (χ4n) is 1.99. The number of hydrogen-bond donors (Lipinski definition) is 0. The quantitative estimate of drug-likeness (QED) is 0.593. The summed E-state index contributed by atoms with van der Waals surface area (Å²) in [5.41, 5.74) is 0. The van der Waals surface area contributed by atoms with E-state index >= 15 is 0 Å². The molecule has 1 saturated carbocycles. The highest BCUT2D eigenvalue weighted by molar-refractivity contribution is 14.2. The molecule has 0 N–H and O–H groups in total. The zero-order chi connectivity index (χ0) is 11.2. The molecule has 2 nitrogen and oxygen atoms in total. The minimum absolute atomic E-state index is 0.362. The van der Waals surface area contributed by atoms with E-state index in [1.165, 1.54) is 9.21 Å². The molecule has 4 heteroatoms. The van der Waals surface area contributed by atoms with Crippen molar-refractivity contribution in [2.75, 3.05) is 0 Å². The molecule has 88 valence electrons. The van der Waals surface area contributed by atoms with Gasteiger partial charge in [-0.1, -0.05) is 18.2 Å². The van der Waals surface area contributed by atoms with E-state index in [-0.39, 0.29) is 0 Å². The zero-order valence-corrected chi connectivity index (χ0v) is 11.9. The van der Waals surface area contributed by atoms with Crippen LogP contribution in [0.3, 0.4) is 0 Å². The first-order valence-electron chi connectivity index (χ1n) is 5.54. The minimum atomic E-state index is 0.362. The van der Waals surface area contributed by atoms with E-state index in [4.69, 9.17) is 8.92 Å². The lowest BCUT2D eigenvalue weighted by Gasteiger charge is -2.27. The lowest BCUT2D eigenvalue weighted by atomic mass is 9.95. The van der Waals surface area contributed by atoms with Gasteiger partial charge in [0.1, 0.15) is 5.75 Å². The van der Waals surface area contributed by atoms with Gasteiger partial charge in [-0.2, -0.15) is 0 Å². The lowest BCUT2D eigenvalue weighted by Crippen LogP contribution is -2.27. The topological polar surface area (TPSA) is 18.5 Å². The fraction of sp³-hybridized carbons (Fsp3) is 0.500. The van der Waals surface area contributed by atoms with Crippen LogP contribution < -0.4 is 4.74 Å². The van der Waals surface area contributed by atoms with Gasteiger partial charge in [-0.25, -0.2) is 0 Å². The van der Waals surface area contributed by atoms with Gasteiger partial charge in [0.25, 0.3) is 0 Å². The van der Waals surface area contributed by atoms with Gasteiger partial charge in [-0.05, 0) is 37.8 Å². The number of hydrogen-bond acceptors (Lipinski definition) is 3. The monoisotopic (exact) mass is 350 g/mol. The molecule has 0 heterocycles. The van der Waals surface area contributed by atoms with Gasteiger partial charge in [-0.15, -0.1) is 0 Å². The Balaban J connectivity index is 1.77. The molecule has 1 aromatic rings. The van der Waals surface area contributed by atoms with Crippen molar-refractivity contribution in [1.82, 2.24) is 0 Å². The summed E-state index contributed by atoms with van der Waals surface area (Å²) < 4.78 is 11.4. The Morgan fingerprint density at radius 3 is 2.25 bits per heavy atom. The lowest BCUT2D eigenvalue weighted by molar-refractivity contribution is 0.0935. The van der Waals surface area contributed by atoms with Gasteiger partial charge in [0.15, 0.2) is 0 Å². The Hall–Kier alpha value is 0.0600. The van der Waals surface area contributed by atoms with E-state index in [0.717, 1.165) is 31.4 Å².